The Kier molecular flexibility index (Phi) is 7.79. The summed E-state index contributed by atoms with van der Waals surface area (Å²) in [5, 5.41) is 5.95. The quantitative estimate of drug-likeness (QED) is 0.645. The Morgan fingerprint density at radius 3 is 2.48 bits per heavy atom. The number of nitrogens with one attached hydrogen (secondary N) is 2. The first kappa shape index (κ1) is 17.5. The van der Waals surface area contributed by atoms with E-state index in [1.165, 1.54) is 6.92 Å². The highest BCUT2D eigenvalue weighted by atomic mass is 35.5. The molecule has 0 aromatic heterocycles. The lowest BCUT2D eigenvalue weighted by Crippen LogP contribution is -2.14. The molecule has 0 heterocycles. The summed E-state index contributed by atoms with van der Waals surface area (Å²) in [6.07, 6.45) is 4.28. The van der Waals surface area contributed by atoms with Crippen LogP contribution in [0.1, 0.15) is 39.0 Å². The minimum atomic E-state index is -0.199. The van der Waals surface area contributed by atoms with Crippen LogP contribution in [0.5, 0.6) is 0 Å². The largest absolute Gasteiger partial charge is 0.330 e. The number of hydrogen-bond acceptors (Lipinski definition) is 3. The molecule has 116 valence electrons. The Bertz CT molecular complexity index is 492. The van der Waals surface area contributed by atoms with Crippen LogP contribution in [-0.2, 0) is 9.59 Å². The third-order valence-electron chi connectivity index (χ3n) is 2.92. The summed E-state index contributed by atoms with van der Waals surface area (Å²) < 4.78 is 0. The SMILES string of the molecule is CC(=O)Nc1ccc(Cl)cc1NC(=O)CCCCCCN. The van der Waals surface area contributed by atoms with E-state index < -0.39 is 0 Å². The van der Waals surface area contributed by atoms with E-state index >= 15 is 0 Å². The Balaban J connectivity index is 2.54. The lowest BCUT2D eigenvalue weighted by molar-refractivity contribution is -0.116. The summed E-state index contributed by atoms with van der Waals surface area (Å²) in [7, 11) is 0. The fraction of sp³-hybridized carbons (Fsp3) is 0.467. The third kappa shape index (κ3) is 7.11. The van der Waals surface area contributed by atoms with Gasteiger partial charge in [0.25, 0.3) is 0 Å². The average molecular weight is 312 g/mol. The van der Waals surface area contributed by atoms with Gasteiger partial charge in [-0.2, -0.15) is 0 Å². The molecule has 0 saturated carbocycles. The average Bonchev–Trinajstić information content (AvgIpc) is 2.41. The van der Waals surface area contributed by atoms with Crippen LogP contribution in [0.25, 0.3) is 0 Å². The molecule has 0 atom stereocenters. The van der Waals surface area contributed by atoms with E-state index in [9.17, 15) is 9.59 Å². The van der Waals surface area contributed by atoms with Gasteiger partial charge >= 0.3 is 0 Å². The molecule has 1 aromatic carbocycles. The number of unbranched alkanes of at least 4 members (excludes halogenated alkanes) is 3. The molecule has 5 nitrogen and oxygen atoms in total. The third-order valence-corrected chi connectivity index (χ3v) is 3.16. The molecule has 0 spiro atoms. The fourth-order valence-corrected chi connectivity index (χ4v) is 2.09. The number of halogens is 1. The fourth-order valence-electron chi connectivity index (χ4n) is 1.91. The van der Waals surface area contributed by atoms with E-state index in [0.717, 1.165) is 25.7 Å². The van der Waals surface area contributed by atoms with Crippen LogP contribution in [-0.4, -0.2) is 18.4 Å². The smallest absolute Gasteiger partial charge is 0.224 e. The zero-order valence-corrected chi connectivity index (χ0v) is 13.0. The summed E-state index contributed by atoms with van der Waals surface area (Å²) in [4.78, 5) is 23.0. The summed E-state index contributed by atoms with van der Waals surface area (Å²) in [6.45, 7) is 2.10. The molecule has 0 fully saturated rings. The molecular weight excluding hydrogens is 290 g/mol. The minimum Gasteiger partial charge on any atom is -0.330 e. The van der Waals surface area contributed by atoms with Crippen LogP contribution in [0.2, 0.25) is 5.02 Å². The van der Waals surface area contributed by atoms with Crippen molar-refractivity contribution >= 4 is 34.8 Å². The lowest BCUT2D eigenvalue weighted by Gasteiger charge is -2.12. The molecule has 1 aromatic rings. The molecule has 0 bridgehead atoms. The van der Waals surface area contributed by atoms with Crippen molar-refractivity contribution < 1.29 is 9.59 Å². The number of nitrogens with two attached hydrogens (primary N) is 1. The summed E-state index contributed by atoms with van der Waals surface area (Å²) in [5.74, 6) is -0.286. The summed E-state index contributed by atoms with van der Waals surface area (Å²) >= 11 is 5.92. The van der Waals surface area contributed by atoms with Crippen LogP contribution < -0.4 is 16.4 Å². The van der Waals surface area contributed by atoms with Gasteiger partial charge in [-0.1, -0.05) is 24.4 Å². The number of hydrogen-bond donors (Lipinski definition) is 3. The second-order valence-corrected chi connectivity index (χ2v) is 5.31. The van der Waals surface area contributed by atoms with Crippen LogP contribution >= 0.6 is 11.6 Å². The maximum atomic E-state index is 11.9. The molecule has 0 radical (unpaired) electrons. The predicted molar refractivity (Wildman–Crippen MR) is 86.5 cm³/mol. The van der Waals surface area contributed by atoms with E-state index in [2.05, 4.69) is 10.6 Å². The molecule has 2 amide bonds. The first-order chi connectivity index (χ1) is 10.0. The molecular formula is C15H22ClN3O2. The van der Waals surface area contributed by atoms with E-state index in [1.54, 1.807) is 18.2 Å². The van der Waals surface area contributed by atoms with Gasteiger partial charge in [-0.25, -0.2) is 0 Å². The van der Waals surface area contributed by atoms with Gasteiger partial charge in [0.2, 0.25) is 11.8 Å². The highest BCUT2D eigenvalue weighted by molar-refractivity contribution is 6.31. The van der Waals surface area contributed by atoms with Crippen molar-refractivity contribution in [2.45, 2.75) is 39.0 Å². The maximum Gasteiger partial charge on any atom is 0.224 e. The van der Waals surface area contributed by atoms with Gasteiger partial charge in [-0.15, -0.1) is 0 Å². The molecule has 0 aliphatic carbocycles. The molecule has 0 aliphatic rings. The van der Waals surface area contributed by atoms with Crippen LogP contribution in [0.4, 0.5) is 11.4 Å². The summed E-state index contributed by atoms with van der Waals surface area (Å²) in [5.41, 5.74) is 6.48. The number of rotatable bonds is 8. The zero-order chi connectivity index (χ0) is 15.7. The van der Waals surface area contributed by atoms with Crippen LogP contribution in [0, 0.1) is 0 Å². The monoisotopic (exact) mass is 311 g/mol. The van der Waals surface area contributed by atoms with Gasteiger partial charge in [-0.3, -0.25) is 9.59 Å². The van der Waals surface area contributed by atoms with Gasteiger partial charge in [0, 0.05) is 18.4 Å². The number of amides is 2. The Morgan fingerprint density at radius 2 is 1.81 bits per heavy atom. The molecule has 0 unspecified atom stereocenters. The minimum absolute atomic E-state index is 0.0865. The van der Waals surface area contributed by atoms with Gasteiger partial charge in [0.05, 0.1) is 11.4 Å². The standard InChI is InChI=1S/C15H22ClN3O2/c1-11(20)18-13-8-7-12(16)10-14(13)19-15(21)6-4-2-3-5-9-17/h7-8,10H,2-6,9,17H2,1H3,(H,18,20)(H,19,21). The van der Waals surface area contributed by atoms with Crippen molar-refractivity contribution in [3.05, 3.63) is 23.2 Å². The second-order valence-electron chi connectivity index (χ2n) is 4.87. The van der Waals surface area contributed by atoms with E-state index in [1.807, 2.05) is 0 Å². The zero-order valence-electron chi connectivity index (χ0n) is 12.2. The molecule has 4 N–H and O–H groups in total. The van der Waals surface area contributed by atoms with E-state index in [-0.39, 0.29) is 11.8 Å². The summed E-state index contributed by atoms with van der Waals surface area (Å²) in [6, 6.07) is 4.95. The Morgan fingerprint density at radius 1 is 1.10 bits per heavy atom. The molecule has 0 saturated heterocycles. The molecule has 1 rings (SSSR count). The van der Waals surface area contributed by atoms with Crippen molar-refractivity contribution in [2.75, 3.05) is 17.2 Å². The first-order valence-electron chi connectivity index (χ1n) is 7.10. The number of carbonyl (C=O) groups excluding carboxylic acids is 2. The van der Waals surface area contributed by atoms with Crippen molar-refractivity contribution in [1.29, 1.82) is 0 Å². The Labute approximate surface area is 130 Å². The van der Waals surface area contributed by atoms with Gasteiger partial charge < -0.3 is 16.4 Å². The number of anilines is 2. The second kappa shape index (κ2) is 9.37. The maximum absolute atomic E-state index is 11.9. The van der Waals surface area contributed by atoms with Crippen LogP contribution in [0.3, 0.4) is 0 Å². The first-order valence-corrected chi connectivity index (χ1v) is 7.48. The highest BCUT2D eigenvalue weighted by Gasteiger charge is 2.08. The van der Waals surface area contributed by atoms with Crippen molar-refractivity contribution in [3.63, 3.8) is 0 Å². The predicted octanol–water partition coefficient (Wildman–Crippen LogP) is 3.15. The highest BCUT2D eigenvalue weighted by Crippen LogP contribution is 2.26. The van der Waals surface area contributed by atoms with Crippen molar-refractivity contribution in [3.8, 4) is 0 Å². The topological polar surface area (TPSA) is 84.2 Å². The van der Waals surface area contributed by atoms with Crippen molar-refractivity contribution in [2.24, 2.45) is 5.73 Å². The van der Waals surface area contributed by atoms with E-state index in [0.29, 0.717) is 29.4 Å². The molecule has 21 heavy (non-hydrogen) atoms. The number of carbonyl (C=O) groups is 2. The Hall–Kier alpha value is -1.59. The lowest BCUT2D eigenvalue weighted by atomic mass is 10.1. The van der Waals surface area contributed by atoms with Crippen molar-refractivity contribution in [1.82, 2.24) is 0 Å². The normalized spacial score (nSPS) is 10.2. The van der Waals surface area contributed by atoms with Gasteiger partial charge in [-0.05, 0) is 37.6 Å². The molecule has 6 heteroatoms. The van der Waals surface area contributed by atoms with Gasteiger partial charge in [0.1, 0.15) is 0 Å². The number of benzene rings is 1. The molecule has 0 aliphatic heterocycles. The van der Waals surface area contributed by atoms with Gasteiger partial charge in [0.15, 0.2) is 0 Å². The van der Waals surface area contributed by atoms with Crippen LogP contribution in [0.15, 0.2) is 18.2 Å². The van der Waals surface area contributed by atoms with E-state index in [4.69, 9.17) is 17.3 Å².